The fraction of sp³-hybridized carbons (Fsp3) is 0.500. The van der Waals surface area contributed by atoms with Gasteiger partial charge < -0.3 is 10.5 Å². The molecule has 1 amide bonds. The SMILES string of the molecule is CCN(C(=O)OC(C)(C)C)c1ccc(CN)cc1. The van der Waals surface area contributed by atoms with E-state index in [1.165, 1.54) is 0 Å². The Bertz CT molecular complexity index is 393. The number of benzene rings is 1. The topological polar surface area (TPSA) is 55.6 Å². The molecule has 100 valence electrons. The second-order valence-electron chi connectivity index (χ2n) is 5.10. The van der Waals surface area contributed by atoms with Crippen molar-refractivity contribution >= 4 is 11.8 Å². The van der Waals surface area contributed by atoms with E-state index < -0.39 is 5.60 Å². The predicted octanol–water partition coefficient (Wildman–Crippen LogP) is 2.91. The molecule has 2 N–H and O–H groups in total. The molecule has 4 nitrogen and oxygen atoms in total. The zero-order valence-corrected chi connectivity index (χ0v) is 11.6. The average molecular weight is 250 g/mol. The van der Waals surface area contributed by atoms with Gasteiger partial charge in [0.2, 0.25) is 0 Å². The smallest absolute Gasteiger partial charge is 0.414 e. The summed E-state index contributed by atoms with van der Waals surface area (Å²) in [4.78, 5) is 13.6. The summed E-state index contributed by atoms with van der Waals surface area (Å²) in [7, 11) is 0. The van der Waals surface area contributed by atoms with Crippen molar-refractivity contribution in [3.8, 4) is 0 Å². The van der Waals surface area contributed by atoms with Crippen LogP contribution in [0.15, 0.2) is 24.3 Å². The molecule has 0 saturated heterocycles. The summed E-state index contributed by atoms with van der Waals surface area (Å²) in [5.74, 6) is 0. The Morgan fingerprint density at radius 2 is 1.83 bits per heavy atom. The highest BCUT2D eigenvalue weighted by atomic mass is 16.6. The minimum atomic E-state index is -0.484. The van der Waals surface area contributed by atoms with Crippen molar-refractivity contribution in [1.29, 1.82) is 0 Å². The van der Waals surface area contributed by atoms with E-state index in [-0.39, 0.29) is 6.09 Å². The first-order valence-electron chi connectivity index (χ1n) is 6.17. The fourth-order valence-electron chi connectivity index (χ4n) is 1.55. The molecule has 0 unspecified atom stereocenters. The number of hydrogen-bond acceptors (Lipinski definition) is 3. The molecule has 0 aliphatic carbocycles. The van der Waals surface area contributed by atoms with Crippen molar-refractivity contribution in [2.45, 2.75) is 39.8 Å². The second-order valence-corrected chi connectivity index (χ2v) is 5.10. The van der Waals surface area contributed by atoms with Crippen LogP contribution in [0, 0.1) is 0 Å². The molecule has 0 aromatic heterocycles. The normalized spacial score (nSPS) is 11.2. The maximum atomic E-state index is 12.0. The molecule has 1 rings (SSSR count). The van der Waals surface area contributed by atoms with Gasteiger partial charge in [0.1, 0.15) is 5.60 Å². The summed E-state index contributed by atoms with van der Waals surface area (Å²) < 4.78 is 5.36. The molecule has 0 aliphatic rings. The Morgan fingerprint density at radius 3 is 2.22 bits per heavy atom. The first kappa shape index (κ1) is 14.5. The van der Waals surface area contributed by atoms with E-state index in [1.807, 2.05) is 52.0 Å². The van der Waals surface area contributed by atoms with Crippen LogP contribution in [0.25, 0.3) is 0 Å². The van der Waals surface area contributed by atoms with Crippen LogP contribution in [0.3, 0.4) is 0 Å². The third-order valence-corrected chi connectivity index (χ3v) is 2.41. The van der Waals surface area contributed by atoms with Gasteiger partial charge in [-0.1, -0.05) is 12.1 Å². The first-order chi connectivity index (χ1) is 8.37. The molecule has 1 aromatic rings. The van der Waals surface area contributed by atoms with Gasteiger partial charge in [-0.25, -0.2) is 4.79 Å². The van der Waals surface area contributed by atoms with E-state index in [1.54, 1.807) is 4.90 Å². The van der Waals surface area contributed by atoms with Gasteiger partial charge in [0.25, 0.3) is 0 Å². The highest BCUT2D eigenvalue weighted by Crippen LogP contribution is 2.18. The molecule has 0 atom stereocenters. The van der Waals surface area contributed by atoms with Crippen molar-refractivity contribution in [2.75, 3.05) is 11.4 Å². The highest BCUT2D eigenvalue weighted by molar-refractivity contribution is 5.87. The molecule has 0 fully saturated rings. The Balaban J connectivity index is 2.85. The standard InChI is InChI=1S/C14H22N2O2/c1-5-16(13(17)18-14(2,3)4)12-8-6-11(10-15)7-9-12/h6-9H,5,10,15H2,1-4H3. The van der Waals surface area contributed by atoms with Crippen molar-refractivity contribution in [1.82, 2.24) is 0 Å². The summed E-state index contributed by atoms with van der Waals surface area (Å²) in [6.45, 7) is 8.55. The predicted molar refractivity (Wildman–Crippen MR) is 73.6 cm³/mol. The molecule has 1 aromatic carbocycles. The molecule has 0 heterocycles. The van der Waals surface area contributed by atoms with Crippen molar-refractivity contribution in [3.05, 3.63) is 29.8 Å². The zero-order valence-electron chi connectivity index (χ0n) is 11.6. The zero-order chi connectivity index (χ0) is 13.8. The van der Waals surface area contributed by atoms with Crippen LogP contribution >= 0.6 is 0 Å². The van der Waals surface area contributed by atoms with Gasteiger partial charge in [-0.3, -0.25) is 4.90 Å². The van der Waals surface area contributed by atoms with Gasteiger partial charge in [-0.15, -0.1) is 0 Å². The minimum Gasteiger partial charge on any atom is -0.443 e. The highest BCUT2D eigenvalue weighted by Gasteiger charge is 2.22. The van der Waals surface area contributed by atoms with E-state index in [9.17, 15) is 4.79 Å². The van der Waals surface area contributed by atoms with Crippen LogP contribution in [-0.2, 0) is 11.3 Å². The van der Waals surface area contributed by atoms with E-state index in [2.05, 4.69) is 0 Å². The van der Waals surface area contributed by atoms with Gasteiger partial charge in [-0.2, -0.15) is 0 Å². The molecule has 0 radical (unpaired) electrons. The van der Waals surface area contributed by atoms with E-state index in [0.717, 1.165) is 11.3 Å². The van der Waals surface area contributed by atoms with Crippen molar-refractivity contribution < 1.29 is 9.53 Å². The monoisotopic (exact) mass is 250 g/mol. The minimum absolute atomic E-state index is 0.328. The van der Waals surface area contributed by atoms with Gasteiger partial charge in [0.15, 0.2) is 0 Å². The number of rotatable bonds is 3. The first-order valence-corrected chi connectivity index (χ1v) is 6.17. The largest absolute Gasteiger partial charge is 0.443 e. The summed E-state index contributed by atoms with van der Waals surface area (Å²) in [6.07, 6.45) is -0.328. The number of nitrogens with two attached hydrogens (primary N) is 1. The van der Waals surface area contributed by atoms with Gasteiger partial charge in [0.05, 0.1) is 0 Å². The van der Waals surface area contributed by atoms with Gasteiger partial charge >= 0.3 is 6.09 Å². The Hall–Kier alpha value is -1.55. The average Bonchev–Trinajstić information content (AvgIpc) is 2.28. The number of carbonyl (C=O) groups is 1. The number of carbonyl (C=O) groups excluding carboxylic acids is 1. The van der Waals surface area contributed by atoms with Crippen LogP contribution in [-0.4, -0.2) is 18.2 Å². The van der Waals surface area contributed by atoms with Crippen molar-refractivity contribution in [2.24, 2.45) is 5.73 Å². The lowest BCUT2D eigenvalue weighted by Gasteiger charge is -2.26. The molecular formula is C14H22N2O2. The number of hydrogen-bond donors (Lipinski definition) is 1. The summed E-state index contributed by atoms with van der Waals surface area (Å²) in [6, 6.07) is 7.61. The molecular weight excluding hydrogens is 228 g/mol. The summed E-state index contributed by atoms with van der Waals surface area (Å²) in [5.41, 5.74) is 6.93. The van der Waals surface area contributed by atoms with Crippen molar-refractivity contribution in [3.63, 3.8) is 0 Å². The van der Waals surface area contributed by atoms with E-state index in [0.29, 0.717) is 13.1 Å². The van der Waals surface area contributed by atoms with Gasteiger partial charge in [-0.05, 0) is 45.4 Å². The maximum absolute atomic E-state index is 12.0. The molecule has 0 spiro atoms. The lowest BCUT2D eigenvalue weighted by Crippen LogP contribution is -2.36. The number of amides is 1. The van der Waals surface area contributed by atoms with E-state index in [4.69, 9.17) is 10.5 Å². The third kappa shape index (κ3) is 4.04. The lowest BCUT2D eigenvalue weighted by atomic mass is 10.2. The number of nitrogens with zero attached hydrogens (tertiary/aromatic N) is 1. The number of anilines is 1. The number of ether oxygens (including phenoxy) is 1. The van der Waals surface area contributed by atoms with E-state index >= 15 is 0 Å². The third-order valence-electron chi connectivity index (χ3n) is 2.41. The lowest BCUT2D eigenvalue weighted by molar-refractivity contribution is 0.0582. The molecule has 0 bridgehead atoms. The Kier molecular flexibility index (Phi) is 4.73. The molecule has 18 heavy (non-hydrogen) atoms. The Morgan fingerprint density at radius 1 is 1.28 bits per heavy atom. The van der Waals surface area contributed by atoms with Crippen LogP contribution in [0.1, 0.15) is 33.3 Å². The molecule has 0 aliphatic heterocycles. The quantitative estimate of drug-likeness (QED) is 0.897. The van der Waals surface area contributed by atoms with Gasteiger partial charge in [0, 0.05) is 18.8 Å². The fourth-order valence-corrected chi connectivity index (χ4v) is 1.55. The van der Waals surface area contributed by atoms with Crippen LogP contribution < -0.4 is 10.6 Å². The van der Waals surface area contributed by atoms with Crippen LogP contribution in [0.5, 0.6) is 0 Å². The second kappa shape index (κ2) is 5.87. The molecule has 4 heteroatoms. The maximum Gasteiger partial charge on any atom is 0.414 e. The van der Waals surface area contributed by atoms with Crippen LogP contribution in [0.4, 0.5) is 10.5 Å². The van der Waals surface area contributed by atoms with Crippen LogP contribution in [0.2, 0.25) is 0 Å². The summed E-state index contributed by atoms with van der Waals surface area (Å²) in [5, 5.41) is 0. The Labute approximate surface area is 109 Å². The summed E-state index contributed by atoms with van der Waals surface area (Å²) >= 11 is 0. The molecule has 0 saturated carbocycles.